The third-order valence-electron chi connectivity index (χ3n) is 4.32. The summed E-state index contributed by atoms with van der Waals surface area (Å²) in [6.45, 7) is 0.356. The molecule has 24 heavy (non-hydrogen) atoms. The highest BCUT2D eigenvalue weighted by Gasteiger charge is 2.21. The number of hydrogen-bond donors (Lipinski definition) is 1. The minimum atomic E-state index is -3.41. The van der Waals surface area contributed by atoms with Crippen molar-refractivity contribution in [1.82, 2.24) is 9.62 Å². The van der Waals surface area contributed by atoms with Crippen LogP contribution in [-0.2, 0) is 21.4 Å². The van der Waals surface area contributed by atoms with E-state index >= 15 is 0 Å². The molecule has 6 nitrogen and oxygen atoms in total. The number of carbonyl (C=O) groups is 1. The van der Waals surface area contributed by atoms with Gasteiger partial charge in [0.1, 0.15) is 5.75 Å². The molecule has 0 heterocycles. The molecular weight excluding hydrogens is 328 g/mol. The zero-order valence-corrected chi connectivity index (χ0v) is 15.1. The molecule has 0 bridgehead atoms. The van der Waals surface area contributed by atoms with Gasteiger partial charge in [0.15, 0.2) is 0 Å². The Morgan fingerprint density at radius 2 is 1.96 bits per heavy atom. The SMILES string of the molecule is COc1ccccc1CN(CCC(=O)NC1CCCC1)S(C)(=O)=O. The first-order valence-electron chi connectivity index (χ1n) is 8.26. The van der Waals surface area contributed by atoms with Crippen LogP contribution in [0.3, 0.4) is 0 Å². The van der Waals surface area contributed by atoms with E-state index in [1.165, 1.54) is 4.31 Å². The van der Waals surface area contributed by atoms with Crippen LogP contribution in [0, 0.1) is 0 Å². The van der Waals surface area contributed by atoms with Gasteiger partial charge in [0, 0.05) is 31.1 Å². The predicted octanol–water partition coefficient (Wildman–Crippen LogP) is 1.91. The van der Waals surface area contributed by atoms with Crippen LogP contribution >= 0.6 is 0 Å². The molecule has 2 rings (SSSR count). The van der Waals surface area contributed by atoms with Crippen molar-refractivity contribution >= 4 is 15.9 Å². The van der Waals surface area contributed by atoms with E-state index in [9.17, 15) is 13.2 Å². The van der Waals surface area contributed by atoms with E-state index < -0.39 is 10.0 Å². The van der Waals surface area contributed by atoms with Gasteiger partial charge in [0.25, 0.3) is 0 Å². The standard InChI is InChI=1S/C17H26N2O4S/c1-23-16-10-6-3-7-14(16)13-19(24(2,21)22)12-11-17(20)18-15-8-4-5-9-15/h3,6-7,10,15H,4-5,8-9,11-13H2,1-2H3,(H,18,20). The molecule has 7 heteroatoms. The highest BCUT2D eigenvalue weighted by molar-refractivity contribution is 7.88. The van der Waals surface area contributed by atoms with E-state index in [2.05, 4.69) is 5.32 Å². The number of amides is 1. The van der Waals surface area contributed by atoms with Crippen molar-refractivity contribution in [2.24, 2.45) is 0 Å². The zero-order chi connectivity index (χ0) is 17.6. The minimum absolute atomic E-state index is 0.0874. The number of methoxy groups -OCH3 is 1. The largest absolute Gasteiger partial charge is 0.496 e. The monoisotopic (exact) mass is 354 g/mol. The molecule has 0 atom stereocenters. The number of nitrogens with zero attached hydrogens (tertiary/aromatic N) is 1. The maximum atomic E-state index is 12.0. The lowest BCUT2D eigenvalue weighted by Crippen LogP contribution is -2.37. The summed E-state index contributed by atoms with van der Waals surface area (Å²) in [6, 6.07) is 7.55. The van der Waals surface area contributed by atoms with Gasteiger partial charge in [-0.05, 0) is 18.9 Å². The number of benzene rings is 1. The van der Waals surface area contributed by atoms with E-state index in [0.29, 0.717) is 5.75 Å². The van der Waals surface area contributed by atoms with Gasteiger partial charge in [0.05, 0.1) is 13.4 Å². The Hall–Kier alpha value is -1.60. The van der Waals surface area contributed by atoms with E-state index in [-0.39, 0.29) is 31.5 Å². The molecule has 1 fully saturated rings. The van der Waals surface area contributed by atoms with E-state index in [0.717, 1.165) is 37.5 Å². The summed E-state index contributed by atoms with van der Waals surface area (Å²) in [5.74, 6) is 0.553. The second kappa shape index (κ2) is 8.48. The van der Waals surface area contributed by atoms with Gasteiger partial charge in [-0.3, -0.25) is 4.79 Å². The van der Waals surface area contributed by atoms with Gasteiger partial charge in [-0.2, -0.15) is 4.31 Å². The Bertz CT molecular complexity index is 654. The third-order valence-corrected chi connectivity index (χ3v) is 5.57. The number of ether oxygens (including phenoxy) is 1. The first-order valence-corrected chi connectivity index (χ1v) is 10.1. The highest BCUT2D eigenvalue weighted by Crippen LogP contribution is 2.21. The van der Waals surface area contributed by atoms with Crippen LogP contribution in [0.25, 0.3) is 0 Å². The van der Waals surface area contributed by atoms with Crippen LogP contribution in [0.5, 0.6) is 5.75 Å². The quantitative estimate of drug-likeness (QED) is 0.774. The van der Waals surface area contributed by atoms with Crippen LogP contribution in [0.2, 0.25) is 0 Å². The maximum absolute atomic E-state index is 12.0. The van der Waals surface area contributed by atoms with Crippen molar-refractivity contribution in [3.05, 3.63) is 29.8 Å². The van der Waals surface area contributed by atoms with Gasteiger partial charge in [-0.25, -0.2) is 8.42 Å². The normalized spacial score (nSPS) is 15.6. The Labute approximate surface area is 144 Å². The lowest BCUT2D eigenvalue weighted by Gasteiger charge is -2.21. The molecule has 0 radical (unpaired) electrons. The smallest absolute Gasteiger partial charge is 0.221 e. The molecular formula is C17H26N2O4S. The molecule has 1 N–H and O–H groups in total. The molecule has 0 aromatic heterocycles. The molecule has 1 amide bonds. The fourth-order valence-corrected chi connectivity index (χ4v) is 3.78. The first kappa shape index (κ1) is 18.7. The van der Waals surface area contributed by atoms with Crippen molar-refractivity contribution in [2.45, 2.75) is 44.7 Å². The molecule has 134 valence electrons. The number of rotatable bonds is 8. The van der Waals surface area contributed by atoms with Gasteiger partial charge < -0.3 is 10.1 Å². The van der Waals surface area contributed by atoms with Crippen LogP contribution in [0.4, 0.5) is 0 Å². The van der Waals surface area contributed by atoms with Crippen LogP contribution in [0.1, 0.15) is 37.7 Å². The van der Waals surface area contributed by atoms with Crippen LogP contribution in [-0.4, -0.2) is 44.6 Å². The Morgan fingerprint density at radius 1 is 1.29 bits per heavy atom. The molecule has 0 saturated heterocycles. The fraction of sp³-hybridized carbons (Fsp3) is 0.588. The van der Waals surface area contributed by atoms with Crippen LogP contribution in [0.15, 0.2) is 24.3 Å². The molecule has 1 aliphatic rings. The molecule has 0 spiro atoms. The molecule has 1 saturated carbocycles. The summed E-state index contributed by atoms with van der Waals surface area (Å²) >= 11 is 0. The number of nitrogens with one attached hydrogen (secondary N) is 1. The van der Waals surface area contributed by atoms with Gasteiger partial charge in [0.2, 0.25) is 15.9 Å². The Balaban J connectivity index is 1.97. The number of hydrogen-bond acceptors (Lipinski definition) is 4. The summed E-state index contributed by atoms with van der Waals surface area (Å²) in [4.78, 5) is 12.0. The minimum Gasteiger partial charge on any atom is -0.496 e. The van der Waals surface area contributed by atoms with Crippen molar-refractivity contribution in [1.29, 1.82) is 0 Å². The molecule has 0 aliphatic heterocycles. The average Bonchev–Trinajstić information content (AvgIpc) is 3.03. The predicted molar refractivity (Wildman–Crippen MR) is 93.3 cm³/mol. The Morgan fingerprint density at radius 3 is 2.58 bits per heavy atom. The van der Waals surface area contributed by atoms with Crippen molar-refractivity contribution in [3.8, 4) is 5.75 Å². The van der Waals surface area contributed by atoms with Gasteiger partial charge in [-0.1, -0.05) is 31.0 Å². The first-order chi connectivity index (χ1) is 11.4. The molecule has 1 aromatic carbocycles. The second-order valence-electron chi connectivity index (χ2n) is 6.21. The number of carbonyl (C=O) groups excluding carboxylic acids is 1. The third kappa shape index (κ3) is 5.49. The second-order valence-corrected chi connectivity index (χ2v) is 8.19. The fourth-order valence-electron chi connectivity index (χ4n) is 2.98. The topological polar surface area (TPSA) is 75.7 Å². The lowest BCUT2D eigenvalue weighted by atomic mass is 10.2. The summed E-state index contributed by atoms with van der Waals surface area (Å²) in [7, 11) is -1.86. The number of sulfonamides is 1. The summed E-state index contributed by atoms with van der Waals surface area (Å²) in [5.41, 5.74) is 0.779. The van der Waals surface area contributed by atoms with E-state index in [1.807, 2.05) is 18.2 Å². The lowest BCUT2D eigenvalue weighted by molar-refractivity contribution is -0.121. The summed E-state index contributed by atoms with van der Waals surface area (Å²) in [5, 5.41) is 2.99. The van der Waals surface area contributed by atoms with Crippen molar-refractivity contribution in [2.75, 3.05) is 19.9 Å². The van der Waals surface area contributed by atoms with Gasteiger partial charge >= 0.3 is 0 Å². The average molecular weight is 354 g/mol. The molecule has 0 unspecified atom stereocenters. The zero-order valence-electron chi connectivity index (χ0n) is 14.3. The van der Waals surface area contributed by atoms with Crippen molar-refractivity contribution in [3.63, 3.8) is 0 Å². The van der Waals surface area contributed by atoms with Crippen molar-refractivity contribution < 1.29 is 17.9 Å². The summed E-state index contributed by atoms with van der Waals surface area (Å²) in [6.07, 6.45) is 5.66. The van der Waals surface area contributed by atoms with Gasteiger partial charge in [-0.15, -0.1) is 0 Å². The molecule has 1 aromatic rings. The van der Waals surface area contributed by atoms with E-state index in [4.69, 9.17) is 4.74 Å². The molecule has 1 aliphatic carbocycles. The van der Waals surface area contributed by atoms with E-state index in [1.54, 1.807) is 13.2 Å². The Kier molecular flexibility index (Phi) is 6.62. The van der Waals surface area contributed by atoms with Crippen LogP contribution < -0.4 is 10.1 Å². The maximum Gasteiger partial charge on any atom is 0.221 e. The number of para-hydroxylation sites is 1. The highest BCUT2D eigenvalue weighted by atomic mass is 32.2. The summed E-state index contributed by atoms with van der Waals surface area (Å²) < 4.78 is 30.7.